The standard InChI is InChI=1S/C12H16N2O3/c1-3-11(15)13-14-12(16)8-17-10-6-4-9(2)5-7-10/h4-7H,3,8H2,1-2H3,(H,13,15)(H,14,16). The van der Waals surface area contributed by atoms with Crippen molar-refractivity contribution in [2.45, 2.75) is 20.3 Å². The van der Waals surface area contributed by atoms with Crippen molar-refractivity contribution in [3.8, 4) is 5.75 Å². The molecule has 0 aromatic heterocycles. The second-order valence-electron chi connectivity index (χ2n) is 3.55. The number of benzene rings is 1. The average Bonchev–Trinajstić information content (AvgIpc) is 2.35. The van der Waals surface area contributed by atoms with Gasteiger partial charge >= 0.3 is 0 Å². The van der Waals surface area contributed by atoms with E-state index in [4.69, 9.17) is 4.74 Å². The van der Waals surface area contributed by atoms with Gasteiger partial charge < -0.3 is 4.74 Å². The highest BCUT2D eigenvalue weighted by molar-refractivity contribution is 5.82. The number of hydrogen-bond acceptors (Lipinski definition) is 3. The molecule has 92 valence electrons. The van der Waals surface area contributed by atoms with Crippen LogP contribution in [0.2, 0.25) is 0 Å². The Morgan fingerprint density at radius 3 is 2.29 bits per heavy atom. The molecular weight excluding hydrogens is 220 g/mol. The molecule has 5 heteroatoms. The Balaban J connectivity index is 2.28. The highest BCUT2D eigenvalue weighted by atomic mass is 16.5. The third-order valence-corrected chi connectivity index (χ3v) is 2.05. The van der Waals surface area contributed by atoms with Gasteiger partial charge in [-0.3, -0.25) is 20.4 Å². The van der Waals surface area contributed by atoms with Crippen LogP contribution in [0.4, 0.5) is 0 Å². The number of hydrazine groups is 1. The van der Waals surface area contributed by atoms with E-state index >= 15 is 0 Å². The maximum Gasteiger partial charge on any atom is 0.276 e. The molecule has 0 radical (unpaired) electrons. The lowest BCUT2D eigenvalue weighted by Crippen LogP contribution is -2.43. The van der Waals surface area contributed by atoms with Crippen LogP contribution in [0.3, 0.4) is 0 Å². The van der Waals surface area contributed by atoms with Crippen LogP contribution in [0.5, 0.6) is 5.75 Å². The Morgan fingerprint density at radius 1 is 1.12 bits per heavy atom. The largest absolute Gasteiger partial charge is 0.484 e. The lowest BCUT2D eigenvalue weighted by molar-refractivity contribution is -0.129. The molecule has 5 nitrogen and oxygen atoms in total. The van der Waals surface area contributed by atoms with Gasteiger partial charge in [0.1, 0.15) is 5.75 Å². The molecule has 0 aliphatic heterocycles. The summed E-state index contributed by atoms with van der Waals surface area (Å²) in [4.78, 5) is 22.1. The maximum atomic E-state index is 11.3. The lowest BCUT2D eigenvalue weighted by Gasteiger charge is -2.08. The van der Waals surface area contributed by atoms with Gasteiger partial charge in [0.2, 0.25) is 5.91 Å². The number of hydrogen-bond donors (Lipinski definition) is 2. The Morgan fingerprint density at radius 2 is 1.71 bits per heavy atom. The fourth-order valence-electron chi connectivity index (χ4n) is 1.05. The van der Waals surface area contributed by atoms with Crippen LogP contribution in [0.15, 0.2) is 24.3 Å². The molecule has 1 rings (SSSR count). The monoisotopic (exact) mass is 236 g/mol. The fraction of sp³-hybridized carbons (Fsp3) is 0.333. The van der Waals surface area contributed by atoms with E-state index in [9.17, 15) is 9.59 Å². The summed E-state index contributed by atoms with van der Waals surface area (Å²) in [7, 11) is 0. The zero-order valence-corrected chi connectivity index (χ0v) is 9.95. The van der Waals surface area contributed by atoms with E-state index in [1.54, 1.807) is 19.1 Å². The molecule has 0 atom stereocenters. The predicted octanol–water partition coefficient (Wildman–Crippen LogP) is 0.931. The number of rotatable bonds is 4. The maximum absolute atomic E-state index is 11.3. The zero-order chi connectivity index (χ0) is 12.7. The predicted molar refractivity (Wildman–Crippen MR) is 63.3 cm³/mol. The van der Waals surface area contributed by atoms with Crippen LogP contribution >= 0.6 is 0 Å². The summed E-state index contributed by atoms with van der Waals surface area (Å²) >= 11 is 0. The minimum atomic E-state index is -0.396. The van der Waals surface area contributed by atoms with Crippen LogP contribution in [-0.2, 0) is 9.59 Å². The Labute approximate surface area is 100 Å². The van der Waals surface area contributed by atoms with Gasteiger partial charge in [-0.15, -0.1) is 0 Å². The topological polar surface area (TPSA) is 67.4 Å². The van der Waals surface area contributed by atoms with Crippen LogP contribution in [0, 0.1) is 6.92 Å². The van der Waals surface area contributed by atoms with Crippen molar-refractivity contribution in [2.24, 2.45) is 0 Å². The number of carbonyl (C=O) groups is 2. The molecular formula is C12H16N2O3. The Hall–Kier alpha value is -2.04. The second kappa shape index (κ2) is 6.52. The van der Waals surface area contributed by atoms with E-state index in [0.29, 0.717) is 12.2 Å². The van der Waals surface area contributed by atoms with Gasteiger partial charge in [-0.2, -0.15) is 0 Å². The second-order valence-corrected chi connectivity index (χ2v) is 3.55. The normalized spacial score (nSPS) is 9.53. The molecule has 0 saturated heterocycles. The van der Waals surface area contributed by atoms with Gasteiger partial charge in [0.25, 0.3) is 5.91 Å². The molecule has 1 aromatic rings. The number of amides is 2. The van der Waals surface area contributed by atoms with Crippen molar-refractivity contribution in [3.63, 3.8) is 0 Å². The van der Waals surface area contributed by atoms with Gasteiger partial charge in [-0.25, -0.2) is 0 Å². The summed E-state index contributed by atoms with van der Waals surface area (Å²) in [6.45, 7) is 3.54. The minimum Gasteiger partial charge on any atom is -0.484 e. The van der Waals surface area contributed by atoms with Gasteiger partial charge in [0, 0.05) is 6.42 Å². The molecule has 0 heterocycles. The fourth-order valence-corrected chi connectivity index (χ4v) is 1.05. The van der Waals surface area contributed by atoms with Crippen molar-refractivity contribution in [1.29, 1.82) is 0 Å². The summed E-state index contributed by atoms with van der Waals surface area (Å²) < 4.78 is 5.23. The first-order valence-electron chi connectivity index (χ1n) is 5.39. The first-order chi connectivity index (χ1) is 8.11. The molecule has 2 N–H and O–H groups in total. The van der Waals surface area contributed by atoms with Crippen molar-refractivity contribution in [1.82, 2.24) is 10.9 Å². The number of nitrogens with one attached hydrogen (secondary N) is 2. The zero-order valence-electron chi connectivity index (χ0n) is 9.95. The summed E-state index contributed by atoms with van der Waals surface area (Å²) in [5, 5.41) is 0. The molecule has 0 saturated carbocycles. The summed E-state index contributed by atoms with van der Waals surface area (Å²) in [5.41, 5.74) is 5.63. The first-order valence-corrected chi connectivity index (χ1v) is 5.39. The van der Waals surface area contributed by atoms with Crippen LogP contribution in [0.25, 0.3) is 0 Å². The van der Waals surface area contributed by atoms with Crippen molar-refractivity contribution in [2.75, 3.05) is 6.61 Å². The van der Waals surface area contributed by atoms with E-state index in [2.05, 4.69) is 10.9 Å². The van der Waals surface area contributed by atoms with E-state index in [0.717, 1.165) is 5.56 Å². The summed E-state index contributed by atoms with van der Waals surface area (Å²) in [6.07, 6.45) is 0.319. The molecule has 0 aliphatic rings. The molecule has 17 heavy (non-hydrogen) atoms. The lowest BCUT2D eigenvalue weighted by atomic mass is 10.2. The van der Waals surface area contributed by atoms with Gasteiger partial charge in [-0.05, 0) is 19.1 Å². The van der Waals surface area contributed by atoms with E-state index < -0.39 is 5.91 Å². The molecule has 1 aromatic carbocycles. The molecule has 2 amide bonds. The van der Waals surface area contributed by atoms with E-state index in [1.165, 1.54) is 0 Å². The Bertz CT molecular complexity index is 387. The van der Waals surface area contributed by atoms with Crippen molar-refractivity contribution in [3.05, 3.63) is 29.8 Å². The number of ether oxygens (including phenoxy) is 1. The van der Waals surface area contributed by atoms with Gasteiger partial charge in [0.05, 0.1) is 0 Å². The van der Waals surface area contributed by atoms with Gasteiger partial charge in [-0.1, -0.05) is 24.6 Å². The van der Waals surface area contributed by atoms with Gasteiger partial charge in [0.15, 0.2) is 6.61 Å². The van der Waals surface area contributed by atoms with E-state index in [1.807, 2.05) is 19.1 Å². The third kappa shape index (κ3) is 5.01. The van der Waals surface area contributed by atoms with Crippen LogP contribution in [-0.4, -0.2) is 18.4 Å². The summed E-state index contributed by atoms with van der Waals surface area (Å²) in [6, 6.07) is 7.36. The molecule has 0 fully saturated rings. The highest BCUT2D eigenvalue weighted by Gasteiger charge is 2.03. The quantitative estimate of drug-likeness (QED) is 0.764. The highest BCUT2D eigenvalue weighted by Crippen LogP contribution is 2.10. The van der Waals surface area contributed by atoms with E-state index in [-0.39, 0.29) is 12.5 Å². The number of carbonyl (C=O) groups excluding carboxylic acids is 2. The Kier molecular flexibility index (Phi) is 5.00. The number of aryl methyl sites for hydroxylation is 1. The molecule has 0 unspecified atom stereocenters. The smallest absolute Gasteiger partial charge is 0.276 e. The first kappa shape index (κ1) is 13.0. The molecule has 0 spiro atoms. The van der Waals surface area contributed by atoms with Crippen molar-refractivity contribution >= 4 is 11.8 Å². The average molecular weight is 236 g/mol. The third-order valence-electron chi connectivity index (χ3n) is 2.05. The van der Waals surface area contributed by atoms with Crippen LogP contribution < -0.4 is 15.6 Å². The molecule has 0 bridgehead atoms. The molecule has 0 aliphatic carbocycles. The summed E-state index contributed by atoms with van der Waals surface area (Å²) in [5.74, 6) is -0.0198. The SMILES string of the molecule is CCC(=O)NNC(=O)COc1ccc(C)cc1. The van der Waals surface area contributed by atoms with Crippen molar-refractivity contribution < 1.29 is 14.3 Å². The minimum absolute atomic E-state index is 0.132. The van der Waals surface area contributed by atoms with Crippen LogP contribution in [0.1, 0.15) is 18.9 Å².